The molecule has 0 unspecified atom stereocenters. The fourth-order valence-corrected chi connectivity index (χ4v) is 1.71. The summed E-state index contributed by atoms with van der Waals surface area (Å²) in [6.07, 6.45) is -0.689. The number of ether oxygens (including phenoxy) is 1. The number of esters is 1. The van der Waals surface area contributed by atoms with E-state index in [4.69, 9.17) is 5.73 Å². The minimum atomic E-state index is -0.689. The number of rotatable bonds is 3. The molecule has 0 saturated carbocycles. The van der Waals surface area contributed by atoms with E-state index in [0.717, 1.165) is 5.56 Å². The van der Waals surface area contributed by atoms with Gasteiger partial charge in [0.25, 0.3) is 0 Å². The Morgan fingerprint density at radius 1 is 1.39 bits per heavy atom. The zero-order valence-electron chi connectivity index (χ0n) is 11.3. The Morgan fingerprint density at radius 3 is 2.50 bits per heavy atom. The molecule has 4 nitrogen and oxygen atoms in total. The topological polar surface area (TPSA) is 72.5 Å². The SMILES string of the molecule is COC(=O)c1cccc([C@H](N)[C@H](O)C(C)(C)C)c1. The highest BCUT2D eigenvalue weighted by atomic mass is 16.5. The van der Waals surface area contributed by atoms with E-state index in [2.05, 4.69) is 4.74 Å². The Morgan fingerprint density at radius 2 is 2.00 bits per heavy atom. The Labute approximate surface area is 108 Å². The Kier molecular flexibility index (Phi) is 4.48. The van der Waals surface area contributed by atoms with Crippen molar-refractivity contribution in [1.82, 2.24) is 0 Å². The van der Waals surface area contributed by atoms with Crippen molar-refractivity contribution < 1.29 is 14.6 Å². The van der Waals surface area contributed by atoms with Crippen molar-refractivity contribution in [2.75, 3.05) is 7.11 Å². The number of carbonyl (C=O) groups excluding carboxylic acids is 1. The molecule has 3 N–H and O–H groups in total. The normalized spacial score (nSPS) is 15.0. The van der Waals surface area contributed by atoms with E-state index in [1.807, 2.05) is 20.8 Å². The molecule has 0 aromatic heterocycles. The number of hydrogen-bond acceptors (Lipinski definition) is 4. The van der Waals surface area contributed by atoms with Crippen LogP contribution >= 0.6 is 0 Å². The maximum atomic E-state index is 11.4. The summed E-state index contributed by atoms with van der Waals surface area (Å²) < 4.78 is 4.66. The van der Waals surface area contributed by atoms with Crippen LogP contribution in [0.25, 0.3) is 0 Å². The fourth-order valence-electron chi connectivity index (χ4n) is 1.71. The third-order valence-electron chi connectivity index (χ3n) is 2.92. The fraction of sp³-hybridized carbons (Fsp3) is 0.500. The van der Waals surface area contributed by atoms with Gasteiger partial charge in [0.2, 0.25) is 0 Å². The molecule has 0 aliphatic rings. The lowest BCUT2D eigenvalue weighted by atomic mass is 9.82. The van der Waals surface area contributed by atoms with Gasteiger partial charge in [0.15, 0.2) is 0 Å². The first-order valence-corrected chi connectivity index (χ1v) is 5.89. The van der Waals surface area contributed by atoms with E-state index >= 15 is 0 Å². The molecule has 0 fully saturated rings. The quantitative estimate of drug-likeness (QED) is 0.804. The molecule has 2 atom stereocenters. The maximum Gasteiger partial charge on any atom is 0.337 e. The van der Waals surface area contributed by atoms with Gasteiger partial charge in [-0.1, -0.05) is 32.9 Å². The average Bonchev–Trinajstić information content (AvgIpc) is 2.35. The summed E-state index contributed by atoms with van der Waals surface area (Å²) in [4.78, 5) is 11.4. The van der Waals surface area contributed by atoms with Gasteiger partial charge in [-0.3, -0.25) is 0 Å². The standard InChI is InChI=1S/C14H21NO3/c1-14(2,3)12(16)11(15)9-6-5-7-10(8-9)13(17)18-4/h5-8,11-12,16H,15H2,1-4H3/t11-,12-/m0/s1. The first-order chi connectivity index (χ1) is 8.27. The van der Waals surface area contributed by atoms with Crippen LogP contribution in [0.3, 0.4) is 0 Å². The monoisotopic (exact) mass is 251 g/mol. The molecule has 18 heavy (non-hydrogen) atoms. The van der Waals surface area contributed by atoms with Gasteiger partial charge in [-0.05, 0) is 23.1 Å². The van der Waals surface area contributed by atoms with Crippen molar-refractivity contribution in [3.05, 3.63) is 35.4 Å². The molecule has 100 valence electrons. The van der Waals surface area contributed by atoms with Crippen LogP contribution in [-0.4, -0.2) is 24.3 Å². The van der Waals surface area contributed by atoms with Crippen molar-refractivity contribution in [2.45, 2.75) is 32.9 Å². The lowest BCUT2D eigenvalue weighted by Gasteiger charge is -2.31. The molecular formula is C14H21NO3. The van der Waals surface area contributed by atoms with E-state index in [-0.39, 0.29) is 5.41 Å². The maximum absolute atomic E-state index is 11.4. The number of aliphatic hydroxyl groups is 1. The second-order valence-corrected chi connectivity index (χ2v) is 5.45. The van der Waals surface area contributed by atoms with Gasteiger partial charge in [-0.25, -0.2) is 4.79 Å². The molecule has 0 spiro atoms. The largest absolute Gasteiger partial charge is 0.465 e. The molecule has 0 radical (unpaired) electrons. The predicted molar refractivity (Wildman–Crippen MR) is 70.2 cm³/mol. The van der Waals surface area contributed by atoms with Crippen LogP contribution in [0.1, 0.15) is 42.7 Å². The van der Waals surface area contributed by atoms with Gasteiger partial charge in [0.1, 0.15) is 0 Å². The van der Waals surface area contributed by atoms with Gasteiger partial charge >= 0.3 is 5.97 Å². The van der Waals surface area contributed by atoms with Gasteiger partial charge < -0.3 is 15.6 Å². The van der Waals surface area contributed by atoms with E-state index in [0.29, 0.717) is 5.56 Å². The van der Waals surface area contributed by atoms with Crippen LogP contribution in [0.5, 0.6) is 0 Å². The third-order valence-corrected chi connectivity index (χ3v) is 2.92. The molecule has 4 heteroatoms. The summed E-state index contributed by atoms with van der Waals surface area (Å²) in [6.45, 7) is 5.76. The zero-order chi connectivity index (χ0) is 13.9. The molecule has 0 heterocycles. The number of methoxy groups -OCH3 is 1. The summed E-state index contributed by atoms with van der Waals surface area (Å²) in [6, 6.07) is 6.31. The second kappa shape index (κ2) is 5.50. The summed E-state index contributed by atoms with van der Waals surface area (Å²) in [5.41, 5.74) is 6.87. The lowest BCUT2D eigenvalue weighted by Crippen LogP contribution is -2.37. The van der Waals surface area contributed by atoms with Gasteiger partial charge in [-0.2, -0.15) is 0 Å². The minimum Gasteiger partial charge on any atom is -0.465 e. The van der Waals surface area contributed by atoms with Gasteiger partial charge in [-0.15, -0.1) is 0 Å². The molecule has 0 bridgehead atoms. The molecule has 0 saturated heterocycles. The van der Waals surface area contributed by atoms with Crippen molar-refractivity contribution in [2.24, 2.45) is 11.1 Å². The van der Waals surface area contributed by atoms with Crippen LogP contribution in [0.4, 0.5) is 0 Å². The number of nitrogens with two attached hydrogens (primary N) is 1. The Balaban J connectivity index is 3.00. The molecule has 1 aromatic carbocycles. The number of carbonyl (C=O) groups is 1. The van der Waals surface area contributed by atoms with E-state index in [1.54, 1.807) is 24.3 Å². The number of benzene rings is 1. The first-order valence-electron chi connectivity index (χ1n) is 5.89. The van der Waals surface area contributed by atoms with Crippen LogP contribution in [-0.2, 0) is 4.74 Å². The zero-order valence-corrected chi connectivity index (χ0v) is 11.3. The summed E-state index contributed by atoms with van der Waals surface area (Å²) >= 11 is 0. The molecular weight excluding hydrogens is 230 g/mol. The second-order valence-electron chi connectivity index (χ2n) is 5.45. The highest BCUT2D eigenvalue weighted by Gasteiger charge is 2.29. The molecule has 0 aliphatic carbocycles. The minimum absolute atomic E-state index is 0.319. The first kappa shape index (κ1) is 14.7. The van der Waals surface area contributed by atoms with E-state index in [1.165, 1.54) is 7.11 Å². The van der Waals surface area contributed by atoms with Crippen molar-refractivity contribution in [3.8, 4) is 0 Å². The van der Waals surface area contributed by atoms with E-state index < -0.39 is 18.1 Å². The predicted octanol–water partition coefficient (Wildman–Crippen LogP) is 1.88. The van der Waals surface area contributed by atoms with Gasteiger partial charge in [0, 0.05) is 0 Å². The molecule has 0 aliphatic heterocycles. The number of hydrogen-bond donors (Lipinski definition) is 2. The summed E-state index contributed by atoms with van der Waals surface area (Å²) in [5.74, 6) is -0.408. The number of aliphatic hydroxyl groups excluding tert-OH is 1. The lowest BCUT2D eigenvalue weighted by molar-refractivity contribution is 0.0400. The smallest absolute Gasteiger partial charge is 0.337 e. The molecule has 1 rings (SSSR count). The van der Waals surface area contributed by atoms with Crippen LogP contribution < -0.4 is 5.73 Å². The Hall–Kier alpha value is -1.39. The third kappa shape index (κ3) is 3.31. The molecule has 1 aromatic rings. The summed E-state index contributed by atoms with van der Waals surface area (Å²) in [5, 5.41) is 10.2. The van der Waals surface area contributed by atoms with Crippen molar-refractivity contribution in [1.29, 1.82) is 0 Å². The van der Waals surface area contributed by atoms with Crippen molar-refractivity contribution in [3.63, 3.8) is 0 Å². The van der Waals surface area contributed by atoms with Crippen LogP contribution in [0.15, 0.2) is 24.3 Å². The summed E-state index contributed by atoms with van der Waals surface area (Å²) in [7, 11) is 1.33. The molecule has 0 amide bonds. The van der Waals surface area contributed by atoms with E-state index in [9.17, 15) is 9.90 Å². The highest BCUT2D eigenvalue weighted by molar-refractivity contribution is 5.89. The Bertz CT molecular complexity index is 423. The van der Waals surface area contributed by atoms with Crippen molar-refractivity contribution >= 4 is 5.97 Å². The van der Waals surface area contributed by atoms with Gasteiger partial charge in [0.05, 0.1) is 24.8 Å². The van der Waals surface area contributed by atoms with Crippen LogP contribution in [0, 0.1) is 5.41 Å². The highest BCUT2D eigenvalue weighted by Crippen LogP contribution is 2.28. The average molecular weight is 251 g/mol. The van der Waals surface area contributed by atoms with Crippen LogP contribution in [0.2, 0.25) is 0 Å².